The average molecular weight is 719 g/mol. The van der Waals surface area contributed by atoms with Crippen LogP contribution in [0.2, 0.25) is 0 Å². The molecule has 0 aliphatic heterocycles. The number of aliphatic hydroxyl groups is 2. The van der Waals surface area contributed by atoms with Crippen molar-refractivity contribution >= 4 is 34.1 Å². The lowest BCUT2D eigenvalue weighted by molar-refractivity contribution is 0.125. The molecule has 2 N–H and O–H groups in total. The molecular weight excluding hydrogens is 669 g/mol. The molecule has 54 heavy (non-hydrogen) atoms. The molecule has 0 saturated heterocycles. The molecule has 0 aliphatic carbocycles. The van der Waals surface area contributed by atoms with Crippen molar-refractivity contribution in [2.24, 2.45) is 10.2 Å². The molecule has 6 rings (SSSR count). The molecule has 0 aliphatic rings. The summed E-state index contributed by atoms with van der Waals surface area (Å²) in [5.74, 6) is 0. The fourth-order valence-electron chi connectivity index (χ4n) is 6.70. The molecule has 0 bridgehead atoms. The molecule has 8 heteroatoms. The quantitative estimate of drug-likeness (QED) is 0.0973. The van der Waals surface area contributed by atoms with Crippen LogP contribution in [0.4, 0.5) is 34.1 Å². The van der Waals surface area contributed by atoms with Crippen molar-refractivity contribution < 1.29 is 10.2 Å². The Kier molecular flexibility index (Phi) is 10.9. The van der Waals surface area contributed by atoms with Gasteiger partial charge in [0, 0.05) is 79.1 Å². The maximum Gasteiger partial charge on any atom is 0.140 e. The van der Waals surface area contributed by atoms with Gasteiger partial charge in [0.2, 0.25) is 0 Å². The Morgan fingerprint density at radius 3 is 0.796 bits per heavy atom. The van der Waals surface area contributed by atoms with Crippen molar-refractivity contribution in [1.82, 2.24) is 0 Å². The third kappa shape index (κ3) is 7.57. The molecule has 0 radical (unpaired) electrons. The fraction of sp³-hybridized carbons (Fsp3) is 0.217. The van der Waals surface area contributed by atoms with Gasteiger partial charge < -0.3 is 29.8 Å². The van der Waals surface area contributed by atoms with Crippen molar-refractivity contribution in [3.8, 4) is 0 Å². The minimum Gasteiger partial charge on any atom is -0.378 e. The highest BCUT2D eigenvalue weighted by Gasteiger charge is 2.35. The summed E-state index contributed by atoms with van der Waals surface area (Å²) >= 11 is 0. The summed E-state index contributed by atoms with van der Waals surface area (Å²) < 4.78 is 0. The molecule has 0 amide bonds. The molecule has 0 unspecified atom stereocenters. The van der Waals surface area contributed by atoms with E-state index in [1.54, 1.807) is 0 Å². The predicted molar refractivity (Wildman–Crippen MR) is 224 cm³/mol. The molecule has 0 aromatic heterocycles. The summed E-state index contributed by atoms with van der Waals surface area (Å²) in [7, 11) is 16.0. The van der Waals surface area contributed by atoms with Gasteiger partial charge in [-0.05, 0) is 106 Å². The van der Waals surface area contributed by atoms with Crippen LogP contribution in [0.1, 0.15) is 33.4 Å². The molecule has 276 valence electrons. The van der Waals surface area contributed by atoms with Crippen molar-refractivity contribution in [2.75, 3.05) is 76.0 Å². The molecule has 0 heterocycles. The second kappa shape index (κ2) is 15.6. The Balaban J connectivity index is 1.39. The van der Waals surface area contributed by atoms with E-state index in [0.29, 0.717) is 22.5 Å². The van der Waals surface area contributed by atoms with Crippen LogP contribution < -0.4 is 19.6 Å². The molecule has 0 spiro atoms. The van der Waals surface area contributed by atoms with Gasteiger partial charge in [-0.1, -0.05) is 72.8 Å². The van der Waals surface area contributed by atoms with Crippen molar-refractivity contribution in [1.29, 1.82) is 0 Å². The van der Waals surface area contributed by atoms with Crippen LogP contribution in [0, 0.1) is 0 Å². The first-order valence-corrected chi connectivity index (χ1v) is 18.0. The third-order valence-electron chi connectivity index (χ3n) is 10.0. The topological polar surface area (TPSA) is 78.1 Å². The number of benzene rings is 6. The van der Waals surface area contributed by atoms with Gasteiger partial charge in [0.25, 0.3) is 0 Å². The SMILES string of the molecule is CN(C)c1ccc(C(O)(c2ccc(N(C)C)cc2)c2cccc(N=Nc3cccc(C(O)(c4ccc(N(C)C)cc4)c4ccc(N(C)C)cc4)c3)c2)cc1. The summed E-state index contributed by atoms with van der Waals surface area (Å²) in [5, 5.41) is 34.7. The van der Waals surface area contributed by atoms with E-state index in [1.807, 2.05) is 222 Å². The van der Waals surface area contributed by atoms with Gasteiger partial charge in [0.1, 0.15) is 11.2 Å². The number of rotatable bonds is 12. The molecule has 6 aromatic carbocycles. The maximum absolute atomic E-state index is 12.7. The fourth-order valence-corrected chi connectivity index (χ4v) is 6.70. The third-order valence-corrected chi connectivity index (χ3v) is 10.0. The van der Waals surface area contributed by atoms with E-state index in [1.165, 1.54) is 0 Å². The van der Waals surface area contributed by atoms with E-state index in [9.17, 15) is 10.2 Å². The van der Waals surface area contributed by atoms with Crippen LogP contribution >= 0.6 is 0 Å². The van der Waals surface area contributed by atoms with E-state index < -0.39 is 11.2 Å². The van der Waals surface area contributed by atoms with Crippen LogP contribution in [0.15, 0.2) is 156 Å². The lowest BCUT2D eigenvalue weighted by Gasteiger charge is -2.31. The minimum atomic E-state index is -1.46. The Labute approximate surface area is 319 Å². The molecular formula is C46H50N6O2. The zero-order valence-corrected chi connectivity index (χ0v) is 32.4. The van der Waals surface area contributed by atoms with Gasteiger partial charge >= 0.3 is 0 Å². The molecule has 0 fully saturated rings. The van der Waals surface area contributed by atoms with E-state index in [0.717, 1.165) is 45.0 Å². The highest BCUT2D eigenvalue weighted by molar-refractivity contribution is 5.59. The Morgan fingerprint density at radius 1 is 0.333 bits per heavy atom. The Bertz CT molecular complexity index is 1930. The van der Waals surface area contributed by atoms with E-state index in [-0.39, 0.29) is 0 Å². The van der Waals surface area contributed by atoms with Crippen LogP contribution in [0.5, 0.6) is 0 Å². The van der Waals surface area contributed by atoms with Crippen LogP contribution in [0.25, 0.3) is 0 Å². The largest absolute Gasteiger partial charge is 0.378 e. The molecule has 0 saturated carbocycles. The van der Waals surface area contributed by atoms with Gasteiger partial charge in [-0.2, -0.15) is 10.2 Å². The van der Waals surface area contributed by atoms with Crippen LogP contribution in [-0.2, 0) is 11.2 Å². The first-order valence-electron chi connectivity index (χ1n) is 18.0. The van der Waals surface area contributed by atoms with Gasteiger partial charge in [0.05, 0.1) is 11.4 Å². The smallest absolute Gasteiger partial charge is 0.140 e. The first-order chi connectivity index (χ1) is 25.8. The molecule has 0 atom stereocenters. The molecule has 6 aromatic rings. The standard InChI is InChI=1S/C46H50N6O2/c1-49(2)41-23-15-33(16-24-41)45(53,34-17-25-42(26-18-34)50(3)4)37-11-9-13-39(31-37)47-48-40-14-10-12-38(32-40)46(54,35-19-27-43(28-20-35)51(5)6)36-21-29-44(30-22-36)52(7)8/h9-32,53-54H,1-8H3. The highest BCUT2D eigenvalue weighted by atomic mass is 16.3. The van der Waals surface area contributed by atoms with Crippen LogP contribution in [-0.4, -0.2) is 66.6 Å². The molecule has 8 nitrogen and oxygen atoms in total. The van der Waals surface area contributed by atoms with Gasteiger partial charge in [0.15, 0.2) is 0 Å². The summed E-state index contributed by atoms with van der Waals surface area (Å²) in [4.78, 5) is 8.14. The number of anilines is 4. The first kappa shape index (κ1) is 37.8. The Morgan fingerprint density at radius 2 is 0.574 bits per heavy atom. The average Bonchev–Trinajstić information content (AvgIpc) is 3.19. The van der Waals surface area contributed by atoms with Crippen LogP contribution in [0.3, 0.4) is 0 Å². The normalized spacial score (nSPS) is 11.8. The summed E-state index contributed by atoms with van der Waals surface area (Å²) in [6.45, 7) is 0. The number of hydrogen-bond acceptors (Lipinski definition) is 8. The maximum atomic E-state index is 12.7. The van der Waals surface area contributed by atoms with Gasteiger partial charge in [-0.3, -0.25) is 0 Å². The zero-order chi connectivity index (χ0) is 38.6. The summed E-state index contributed by atoms with van der Waals surface area (Å²) in [6, 6.07) is 47.0. The lowest BCUT2D eigenvalue weighted by atomic mass is 9.80. The van der Waals surface area contributed by atoms with E-state index in [4.69, 9.17) is 0 Å². The van der Waals surface area contributed by atoms with Gasteiger partial charge in [-0.25, -0.2) is 0 Å². The zero-order valence-electron chi connectivity index (χ0n) is 32.4. The number of nitrogens with zero attached hydrogens (tertiary/aromatic N) is 6. The Hall–Kier alpha value is -5.96. The predicted octanol–water partition coefficient (Wildman–Crippen LogP) is 8.93. The number of azo groups is 1. The van der Waals surface area contributed by atoms with E-state index in [2.05, 4.69) is 10.2 Å². The highest BCUT2D eigenvalue weighted by Crippen LogP contribution is 2.41. The van der Waals surface area contributed by atoms with Crippen molar-refractivity contribution in [3.63, 3.8) is 0 Å². The second-order valence-electron chi connectivity index (χ2n) is 14.5. The van der Waals surface area contributed by atoms with E-state index >= 15 is 0 Å². The monoisotopic (exact) mass is 718 g/mol. The van der Waals surface area contributed by atoms with Gasteiger partial charge in [-0.15, -0.1) is 0 Å². The van der Waals surface area contributed by atoms with Crippen molar-refractivity contribution in [3.05, 3.63) is 179 Å². The van der Waals surface area contributed by atoms with Crippen molar-refractivity contribution in [2.45, 2.75) is 11.2 Å². The minimum absolute atomic E-state index is 0.583. The lowest BCUT2D eigenvalue weighted by Crippen LogP contribution is -2.29. The summed E-state index contributed by atoms with van der Waals surface area (Å²) in [5.41, 5.74) is 6.70. The number of hydrogen-bond donors (Lipinski definition) is 2. The summed E-state index contributed by atoms with van der Waals surface area (Å²) in [6.07, 6.45) is 0. The second-order valence-corrected chi connectivity index (χ2v) is 14.5.